The number of carbonyl (C=O) groups excluding carboxylic acids is 1. The minimum Gasteiger partial charge on any atom is -0.394 e. The largest absolute Gasteiger partial charge is 0.394 e. The van der Waals surface area contributed by atoms with Gasteiger partial charge in [-0.25, -0.2) is 0 Å². The molecule has 0 spiro atoms. The molecule has 0 aromatic heterocycles. The Morgan fingerprint density at radius 1 is 0.648 bits per heavy atom. The molecule has 1 amide bonds. The van der Waals surface area contributed by atoms with Crippen molar-refractivity contribution in [2.24, 2.45) is 0 Å². The van der Waals surface area contributed by atoms with E-state index in [1.807, 2.05) is 6.08 Å². The maximum absolute atomic E-state index is 12.9. The predicted molar refractivity (Wildman–Crippen MR) is 221 cm³/mol. The molecule has 306 valence electrons. The first-order valence-corrected chi connectivity index (χ1v) is 20.5. The van der Waals surface area contributed by atoms with E-state index in [1.54, 1.807) is 6.08 Å². The number of allylic oxidation sites excluding steroid dienone is 15. The molecule has 1 rings (SSSR count). The number of carbonyl (C=O) groups is 1. The maximum Gasteiger partial charge on any atom is 0.220 e. The van der Waals surface area contributed by atoms with E-state index < -0.39 is 49.5 Å². The second-order valence-corrected chi connectivity index (χ2v) is 13.7. The summed E-state index contributed by atoms with van der Waals surface area (Å²) in [5.74, 6) is -0.222. The number of aliphatic hydroxyl groups is 5. The maximum atomic E-state index is 12.9. The number of rotatable bonds is 31. The number of aliphatic hydroxyl groups excluding tert-OH is 5. The van der Waals surface area contributed by atoms with Gasteiger partial charge in [0.05, 0.1) is 25.4 Å². The topological polar surface area (TPSA) is 149 Å². The Bertz CT molecular complexity index is 1150. The standard InChI is InChI=1S/C45H73NO8/c1-3-5-7-9-11-13-14-15-16-17-18-19-20-21-22-23-24-25-26-27-29-31-33-35-41(49)46-38(39(48)34-32-30-28-12-10-8-6-4-2)37-53-45-44(52)43(51)42(50)40(36-47)54-45/h5,7,10-13,15-16,18-19,21-22,24-25,32,34,38-40,42-45,47-48,50-52H,3-4,6,8-9,14,17,20,23,26-31,33,35-37H2,1-2H3,(H,46,49)/b7-5-,12-10+,13-11-,16-15-,19-18-,22-21-,25-24-,34-32+. The smallest absolute Gasteiger partial charge is 0.220 e. The first-order valence-electron chi connectivity index (χ1n) is 20.5. The average Bonchev–Trinajstić information content (AvgIpc) is 3.17. The van der Waals surface area contributed by atoms with Gasteiger partial charge < -0.3 is 40.3 Å². The molecule has 1 saturated heterocycles. The Hall–Kier alpha value is -2.89. The Morgan fingerprint density at radius 2 is 1.17 bits per heavy atom. The van der Waals surface area contributed by atoms with Crippen LogP contribution in [0, 0.1) is 0 Å². The molecule has 0 aromatic carbocycles. The molecular formula is C45H73NO8. The Kier molecular flexibility index (Phi) is 31.5. The van der Waals surface area contributed by atoms with Gasteiger partial charge in [0.25, 0.3) is 0 Å². The zero-order chi connectivity index (χ0) is 39.5. The minimum atomic E-state index is -1.58. The molecule has 9 heteroatoms. The third-order valence-electron chi connectivity index (χ3n) is 8.89. The fraction of sp³-hybridized carbons (Fsp3) is 0.622. The summed E-state index contributed by atoms with van der Waals surface area (Å²) in [6, 6.07) is -0.839. The Labute approximate surface area is 326 Å². The van der Waals surface area contributed by atoms with Gasteiger partial charge in [-0.05, 0) is 77.0 Å². The molecule has 0 saturated carbocycles. The second-order valence-electron chi connectivity index (χ2n) is 13.7. The quantitative estimate of drug-likeness (QED) is 0.0311. The van der Waals surface area contributed by atoms with E-state index >= 15 is 0 Å². The number of hydrogen-bond acceptors (Lipinski definition) is 8. The molecule has 9 nitrogen and oxygen atoms in total. The highest BCUT2D eigenvalue weighted by Crippen LogP contribution is 2.22. The molecule has 7 unspecified atom stereocenters. The van der Waals surface area contributed by atoms with Crippen molar-refractivity contribution in [3.8, 4) is 0 Å². The van der Waals surface area contributed by atoms with Gasteiger partial charge in [0.15, 0.2) is 6.29 Å². The van der Waals surface area contributed by atoms with E-state index in [0.29, 0.717) is 12.8 Å². The lowest BCUT2D eigenvalue weighted by atomic mass is 9.99. The molecule has 1 aliphatic rings. The van der Waals surface area contributed by atoms with Gasteiger partial charge >= 0.3 is 0 Å². The van der Waals surface area contributed by atoms with Crippen LogP contribution in [0.5, 0.6) is 0 Å². The van der Waals surface area contributed by atoms with Gasteiger partial charge in [0.1, 0.15) is 24.4 Å². The van der Waals surface area contributed by atoms with E-state index in [9.17, 15) is 30.3 Å². The lowest BCUT2D eigenvalue weighted by Crippen LogP contribution is -2.60. The molecule has 1 fully saturated rings. The summed E-state index contributed by atoms with van der Waals surface area (Å²) in [5.41, 5.74) is 0. The molecular weight excluding hydrogens is 682 g/mol. The van der Waals surface area contributed by atoms with Gasteiger partial charge in [0, 0.05) is 6.42 Å². The fourth-order valence-electron chi connectivity index (χ4n) is 5.57. The van der Waals surface area contributed by atoms with Crippen molar-refractivity contribution in [2.75, 3.05) is 13.2 Å². The molecule has 7 atom stereocenters. The van der Waals surface area contributed by atoms with E-state index in [2.05, 4.69) is 104 Å². The predicted octanol–water partition coefficient (Wildman–Crippen LogP) is 7.77. The number of amides is 1. The van der Waals surface area contributed by atoms with E-state index in [0.717, 1.165) is 96.3 Å². The summed E-state index contributed by atoms with van der Waals surface area (Å²) >= 11 is 0. The molecule has 1 aliphatic heterocycles. The number of ether oxygens (including phenoxy) is 2. The van der Waals surface area contributed by atoms with Crippen LogP contribution in [0.15, 0.2) is 97.2 Å². The molecule has 0 aliphatic carbocycles. The van der Waals surface area contributed by atoms with Crippen molar-refractivity contribution in [2.45, 2.75) is 166 Å². The Morgan fingerprint density at radius 3 is 1.76 bits per heavy atom. The lowest BCUT2D eigenvalue weighted by molar-refractivity contribution is -0.302. The number of hydrogen-bond donors (Lipinski definition) is 6. The van der Waals surface area contributed by atoms with Crippen LogP contribution in [0.4, 0.5) is 0 Å². The summed E-state index contributed by atoms with van der Waals surface area (Å²) in [4.78, 5) is 12.9. The van der Waals surface area contributed by atoms with Crippen molar-refractivity contribution in [3.05, 3.63) is 97.2 Å². The molecule has 1 heterocycles. The van der Waals surface area contributed by atoms with Crippen molar-refractivity contribution in [3.63, 3.8) is 0 Å². The monoisotopic (exact) mass is 756 g/mol. The summed E-state index contributed by atoms with van der Waals surface area (Å²) in [6.07, 6.45) is 41.8. The van der Waals surface area contributed by atoms with Crippen LogP contribution < -0.4 is 5.32 Å². The van der Waals surface area contributed by atoms with Crippen molar-refractivity contribution >= 4 is 5.91 Å². The van der Waals surface area contributed by atoms with Gasteiger partial charge in [0.2, 0.25) is 5.91 Å². The summed E-state index contributed by atoms with van der Waals surface area (Å²) in [7, 11) is 0. The van der Waals surface area contributed by atoms with E-state index in [-0.39, 0.29) is 12.5 Å². The summed E-state index contributed by atoms with van der Waals surface area (Å²) < 4.78 is 11.1. The third-order valence-corrected chi connectivity index (χ3v) is 8.89. The van der Waals surface area contributed by atoms with Crippen LogP contribution in [0.2, 0.25) is 0 Å². The Balaban J connectivity index is 2.36. The molecule has 0 radical (unpaired) electrons. The normalized spacial score (nSPS) is 22.5. The number of unbranched alkanes of at least 4 members (excludes halogenated alkanes) is 7. The highest BCUT2D eigenvalue weighted by molar-refractivity contribution is 5.76. The zero-order valence-corrected chi connectivity index (χ0v) is 33.2. The van der Waals surface area contributed by atoms with E-state index in [1.165, 1.54) is 0 Å². The van der Waals surface area contributed by atoms with Crippen LogP contribution in [0.25, 0.3) is 0 Å². The van der Waals surface area contributed by atoms with Gasteiger partial charge in [-0.15, -0.1) is 0 Å². The summed E-state index contributed by atoms with van der Waals surface area (Å²) in [5, 5.41) is 53.8. The van der Waals surface area contributed by atoms with Gasteiger partial charge in [-0.2, -0.15) is 0 Å². The van der Waals surface area contributed by atoms with Gasteiger partial charge in [-0.3, -0.25) is 4.79 Å². The van der Waals surface area contributed by atoms with Crippen LogP contribution >= 0.6 is 0 Å². The average molecular weight is 756 g/mol. The number of nitrogens with one attached hydrogen (secondary N) is 1. The molecule has 54 heavy (non-hydrogen) atoms. The first-order chi connectivity index (χ1) is 26.3. The molecule has 6 N–H and O–H groups in total. The minimum absolute atomic E-state index is 0.219. The van der Waals surface area contributed by atoms with Crippen molar-refractivity contribution < 1.29 is 39.8 Å². The van der Waals surface area contributed by atoms with Crippen LogP contribution in [0.3, 0.4) is 0 Å². The fourth-order valence-corrected chi connectivity index (χ4v) is 5.57. The highest BCUT2D eigenvalue weighted by atomic mass is 16.7. The first kappa shape index (κ1) is 49.1. The van der Waals surface area contributed by atoms with Crippen molar-refractivity contribution in [1.82, 2.24) is 5.32 Å². The third kappa shape index (κ3) is 25.2. The van der Waals surface area contributed by atoms with Crippen molar-refractivity contribution in [1.29, 1.82) is 0 Å². The lowest BCUT2D eigenvalue weighted by Gasteiger charge is -2.40. The second kappa shape index (κ2) is 34.6. The van der Waals surface area contributed by atoms with Gasteiger partial charge in [-0.1, -0.05) is 137 Å². The van der Waals surface area contributed by atoms with Crippen LogP contribution in [0.1, 0.15) is 123 Å². The molecule has 0 aromatic rings. The summed E-state index contributed by atoms with van der Waals surface area (Å²) in [6.45, 7) is 3.51. The van der Waals surface area contributed by atoms with E-state index in [4.69, 9.17) is 9.47 Å². The molecule has 0 bridgehead atoms. The zero-order valence-electron chi connectivity index (χ0n) is 33.2. The highest BCUT2D eigenvalue weighted by Gasteiger charge is 2.44. The van der Waals surface area contributed by atoms with Crippen LogP contribution in [-0.2, 0) is 14.3 Å². The van der Waals surface area contributed by atoms with Crippen LogP contribution in [-0.4, -0.2) is 87.5 Å². The SMILES string of the molecule is CC/C=C\C/C=C\C/C=C\C/C=C\C/C=C\C/C=C\CCCCCCC(=O)NC(COC1OC(CO)C(O)C(O)C1O)C(O)/C=C/CC/C=C/CCCC.